The van der Waals surface area contributed by atoms with Gasteiger partial charge in [-0.2, -0.15) is 0 Å². The van der Waals surface area contributed by atoms with Gasteiger partial charge in [-0.3, -0.25) is 9.78 Å². The minimum Gasteiger partial charge on any atom is -0.378 e. The molecular formula is C19H18ClN3O2. The van der Waals surface area contributed by atoms with Crippen molar-refractivity contribution in [1.82, 2.24) is 15.3 Å². The van der Waals surface area contributed by atoms with E-state index in [2.05, 4.69) is 27.1 Å². The monoisotopic (exact) mass is 355 g/mol. The third kappa shape index (κ3) is 4.79. The molecule has 2 aromatic rings. The van der Waals surface area contributed by atoms with Crippen LogP contribution in [0.15, 0.2) is 42.9 Å². The topological polar surface area (TPSA) is 75.1 Å². The number of hydrogen-bond donors (Lipinski definition) is 2. The molecule has 1 fully saturated rings. The zero-order chi connectivity index (χ0) is 17.7. The van der Waals surface area contributed by atoms with Crippen LogP contribution in [-0.4, -0.2) is 32.6 Å². The van der Waals surface area contributed by atoms with Gasteiger partial charge in [0, 0.05) is 35.4 Å². The second-order valence-electron chi connectivity index (χ2n) is 6.15. The predicted molar refractivity (Wildman–Crippen MR) is 95.0 cm³/mol. The summed E-state index contributed by atoms with van der Waals surface area (Å²) in [5.74, 6) is 5.65. The van der Waals surface area contributed by atoms with E-state index in [4.69, 9.17) is 11.6 Å². The molecule has 0 saturated heterocycles. The van der Waals surface area contributed by atoms with Gasteiger partial charge in [-0.25, -0.2) is 4.98 Å². The molecule has 0 radical (unpaired) electrons. The van der Waals surface area contributed by atoms with Crippen molar-refractivity contribution in [1.29, 1.82) is 0 Å². The van der Waals surface area contributed by atoms with Gasteiger partial charge in [0.2, 0.25) is 0 Å². The molecule has 1 aromatic heterocycles. The van der Waals surface area contributed by atoms with Gasteiger partial charge in [0.15, 0.2) is 0 Å². The fourth-order valence-corrected chi connectivity index (χ4v) is 3.11. The second kappa shape index (κ2) is 7.64. The van der Waals surface area contributed by atoms with E-state index in [1.54, 1.807) is 12.1 Å². The third-order valence-corrected chi connectivity index (χ3v) is 4.36. The highest BCUT2D eigenvalue weighted by atomic mass is 35.5. The number of nitrogens with zero attached hydrogens (tertiary/aromatic N) is 2. The maximum atomic E-state index is 12.2. The molecule has 6 heteroatoms. The fourth-order valence-electron chi connectivity index (χ4n) is 2.92. The molecule has 2 N–H and O–H groups in total. The summed E-state index contributed by atoms with van der Waals surface area (Å²) in [6.45, 7) is 0. The Balaban J connectivity index is 1.67. The van der Waals surface area contributed by atoms with Crippen molar-refractivity contribution >= 4 is 17.5 Å². The van der Waals surface area contributed by atoms with Crippen LogP contribution in [-0.2, 0) is 0 Å². The van der Waals surface area contributed by atoms with Crippen molar-refractivity contribution in [2.75, 3.05) is 0 Å². The number of carbonyl (C=O) groups excluding carboxylic acids is 1. The van der Waals surface area contributed by atoms with E-state index in [0.717, 1.165) is 18.4 Å². The summed E-state index contributed by atoms with van der Waals surface area (Å²) >= 11 is 5.95. The molecule has 0 bridgehead atoms. The molecule has 128 valence electrons. The van der Waals surface area contributed by atoms with E-state index < -0.39 is 5.60 Å². The lowest BCUT2D eigenvalue weighted by molar-refractivity contribution is 0.0451. The lowest BCUT2D eigenvalue weighted by Gasteiger charge is -2.33. The van der Waals surface area contributed by atoms with E-state index >= 15 is 0 Å². The highest BCUT2D eigenvalue weighted by molar-refractivity contribution is 6.30. The number of aromatic nitrogens is 2. The minimum atomic E-state index is -1.12. The molecule has 2 atom stereocenters. The molecular weight excluding hydrogens is 338 g/mol. The van der Waals surface area contributed by atoms with Crippen molar-refractivity contribution in [3.8, 4) is 11.8 Å². The molecule has 1 amide bonds. The number of amides is 1. The maximum absolute atomic E-state index is 12.2. The number of rotatable bonds is 2. The number of nitrogens with one attached hydrogen (secondary N) is 1. The van der Waals surface area contributed by atoms with Crippen molar-refractivity contribution in [3.05, 3.63) is 59.1 Å². The summed E-state index contributed by atoms with van der Waals surface area (Å²) in [6.07, 6.45) is 6.96. The molecule has 1 aromatic carbocycles. The Morgan fingerprint density at radius 3 is 3.04 bits per heavy atom. The largest absolute Gasteiger partial charge is 0.378 e. The molecule has 1 aliphatic rings. The standard InChI is InChI=1S/C19H18ClN3O2/c20-15-4-1-3-14(11-15)6-8-19(25)7-2-5-16(12-19)23-18(24)17-13-21-9-10-22-17/h1,3-4,9-11,13,16,25H,2,5,7,12H2,(H,23,24)/t16-,19+/m0/s1. The van der Waals surface area contributed by atoms with E-state index in [0.29, 0.717) is 17.9 Å². The second-order valence-corrected chi connectivity index (χ2v) is 6.59. The van der Waals surface area contributed by atoms with Crippen LogP contribution < -0.4 is 5.32 Å². The molecule has 0 aliphatic heterocycles. The normalized spacial score (nSPS) is 22.6. The van der Waals surface area contributed by atoms with Crippen molar-refractivity contribution < 1.29 is 9.90 Å². The van der Waals surface area contributed by atoms with Gasteiger partial charge in [0.05, 0.1) is 6.20 Å². The quantitative estimate of drug-likeness (QED) is 0.812. The molecule has 1 aliphatic carbocycles. The first-order chi connectivity index (χ1) is 12.0. The summed E-state index contributed by atoms with van der Waals surface area (Å²) in [4.78, 5) is 20.1. The van der Waals surface area contributed by atoms with Gasteiger partial charge in [-0.05, 0) is 37.5 Å². The number of halogens is 1. The first kappa shape index (κ1) is 17.4. The summed E-state index contributed by atoms with van der Waals surface area (Å²) < 4.78 is 0. The van der Waals surface area contributed by atoms with Gasteiger partial charge >= 0.3 is 0 Å². The molecule has 0 spiro atoms. The smallest absolute Gasteiger partial charge is 0.271 e. The molecule has 25 heavy (non-hydrogen) atoms. The number of aliphatic hydroxyl groups is 1. The summed E-state index contributed by atoms with van der Waals surface area (Å²) in [5, 5.41) is 14.3. The maximum Gasteiger partial charge on any atom is 0.271 e. The van der Waals surface area contributed by atoms with E-state index in [9.17, 15) is 9.90 Å². The van der Waals surface area contributed by atoms with Crippen molar-refractivity contribution in [3.63, 3.8) is 0 Å². The van der Waals surface area contributed by atoms with Crippen molar-refractivity contribution in [2.24, 2.45) is 0 Å². The van der Waals surface area contributed by atoms with Gasteiger partial charge in [0.25, 0.3) is 5.91 Å². The molecule has 0 unspecified atom stereocenters. The van der Waals surface area contributed by atoms with E-state index in [1.807, 2.05) is 12.1 Å². The van der Waals surface area contributed by atoms with Crippen LogP contribution in [0.2, 0.25) is 5.02 Å². The Kier molecular flexibility index (Phi) is 5.32. The highest BCUT2D eigenvalue weighted by Crippen LogP contribution is 2.28. The lowest BCUT2D eigenvalue weighted by atomic mass is 9.82. The highest BCUT2D eigenvalue weighted by Gasteiger charge is 2.33. The first-order valence-electron chi connectivity index (χ1n) is 8.12. The van der Waals surface area contributed by atoms with Gasteiger partial charge in [-0.15, -0.1) is 0 Å². The van der Waals surface area contributed by atoms with E-state index in [1.165, 1.54) is 18.6 Å². The Labute approximate surface area is 151 Å². The number of hydrogen-bond acceptors (Lipinski definition) is 4. The predicted octanol–water partition coefficient (Wildman–Crippen LogP) is 2.59. The first-order valence-corrected chi connectivity index (χ1v) is 8.50. The Hall–Kier alpha value is -2.42. The van der Waals surface area contributed by atoms with E-state index in [-0.39, 0.29) is 17.6 Å². The zero-order valence-corrected chi connectivity index (χ0v) is 14.3. The van der Waals surface area contributed by atoms with Gasteiger partial charge in [-0.1, -0.05) is 29.5 Å². The lowest BCUT2D eigenvalue weighted by Crippen LogP contribution is -2.45. The number of carbonyl (C=O) groups is 1. The Morgan fingerprint density at radius 1 is 1.40 bits per heavy atom. The molecule has 1 heterocycles. The molecule has 3 rings (SSSR count). The molecule has 5 nitrogen and oxygen atoms in total. The average Bonchev–Trinajstić information content (AvgIpc) is 2.61. The average molecular weight is 356 g/mol. The summed E-state index contributed by atoms with van der Waals surface area (Å²) in [7, 11) is 0. The van der Waals surface area contributed by atoms with Crippen LogP contribution in [0.25, 0.3) is 0 Å². The third-order valence-electron chi connectivity index (χ3n) is 4.12. The Bertz CT molecular complexity index is 816. The van der Waals surface area contributed by atoms with Gasteiger partial charge in [0.1, 0.15) is 11.3 Å². The minimum absolute atomic E-state index is 0.151. The van der Waals surface area contributed by atoms with Crippen LogP contribution in [0.1, 0.15) is 41.7 Å². The van der Waals surface area contributed by atoms with Gasteiger partial charge < -0.3 is 10.4 Å². The number of benzene rings is 1. The Morgan fingerprint density at radius 2 is 2.28 bits per heavy atom. The van der Waals surface area contributed by atoms with Crippen molar-refractivity contribution in [2.45, 2.75) is 37.3 Å². The van der Waals surface area contributed by atoms with Crippen LogP contribution in [0.4, 0.5) is 0 Å². The van der Waals surface area contributed by atoms with Crippen LogP contribution in [0.5, 0.6) is 0 Å². The summed E-state index contributed by atoms with van der Waals surface area (Å²) in [5.41, 5.74) is -0.103. The molecule has 1 saturated carbocycles. The van der Waals surface area contributed by atoms with Crippen LogP contribution in [0.3, 0.4) is 0 Å². The van der Waals surface area contributed by atoms with Crippen LogP contribution in [0, 0.1) is 11.8 Å². The SMILES string of the molecule is O=C(N[C@H]1CCC[C@@](O)(C#Cc2cccc(Cl)c2)C1)c1cnccn1. The van der Waals surface area contributed by atoms with Crippen LogP contribution >= 0.6 is 11.6 Å². The summed E-state index contributed by atoms with van der Waals surface area (Å²) in [6, 6.07) is 7.05. The fraction of sp³-hybridized carbons (Fsp3) is 0.316. The zero-order valence-electron chi connectivity index (χ0n) is 13.6.